The number of likely N-dealkylation sites (tertiary alicyclic amines) is 1. The van der Waals surface area contributed by atoms with E-state index in [2.05, 4.69) is 10.6 Å². The summed E-state index contributed by atoms with van der Waals surface area (Å²) < 4.78 is 0. The lowest BCUT2D eigenvalue weighted by molar-refractivity contribution is -0.137. The number of aliphatic carboxylic acids is 1. The predicted molar refractivity (Wildman–Crippen MR) is 68.7 cm³/mol. The van der Waals surface area contributed by atoms with E-state index >= 15 is 0 Å². The Hall–Kier alpha value is -1.79. The fourth-order valence-electron chi connectivity index (χ4n) is 2.00. The molecule has 1 heterocycles. The Morgan fingerprint density at radius 2 is 1.84 bits per heavy atom. The normalized spacial score (nSPS) is 16.6. The molecule has 0 bridgehead atoms. The average Bonchev–Trinajstić information content (AvgIpc) is 2.36. The molecule has 0 aliphatic carbocycles. The highest BCUT2D eigenvalue weighted by Gasteiger charge is 2.17. The molecule has 108 valence electrons. The van der Waals surface area contributed by atoms with Crippen LogP contribution in [0.15, 0.2) is 0 Å². The first-order valence-electron chi connectivity index (χ1n) is 6.53. The minimum absolute atomic E-state index is 0.0500. The number of nitrogens with one attached hydrogen (secondary N) is 2. The molecule has 0 aromatic rings. The van der Waals surface area contributed by atoms with E-state index in [-0.39, 0.29) is 18.9 Å². The summed E-state index contributed by atoms with van der Waals surface area (Å²) in [5.74, 6) is -1.07. The summed E-state index contributed by atoms with van der Waals surface area (Å²) in [4.78, 5) is 35.4. The second-order valence-corrected chi connectivity index (χ2v) is 4.77. The first kappa shape index (κ1) is 15.3. The van der Waals surface area contributed by atoms with Crippen molar-refractivity contribution in [2.24, 2.45) is 0 Å². The van der Waals surface area contributed by atoms with Crippen LogP contribution < -0.4 is 10.6 Å². The third kappa shape index (κ3) is 6.08. The Morgan fingerprint density at radius 1 is 1.21 bits per heavy atom. The van der Waals surface area contributed by atoms with Crippen molar-refractivity contribution in [2.45, 2.75) is 38.6 Å². The summed E-state index contributed by atoms with van der Waals surface area (Å²) in [6.45, 7) is 3.04. The minimum Gasteiger partial charge on any atom is -0.481 e. The lowest BCUT2D eigenvalue weighted by Gasteiger charge is -2.26. The molecule has 1 atom stereocenters. The molecule has 7 heteroatoms. The van der Waals surface area contributed by atoms with E-state index in [0.717, 1.165) is 32.4 Å². The van der Waals surface area contributed by atoms with Gasteiger partial charge in [0, 0.05) is 19.1 Å². The molecule has 3 amide bonds. The van der Waals surface area contributed by atoms with Crippen LogP contribution in [0, 0.1) is 0 Å². The second kappa shape index (κ2) is 7.60. The summed E-state index contributed by atoms with van der Waals surface area (Å²) >= 11 is 0. The highest BCUT2D eigenvalue weighted by Crippen LogP contribution is 2.08. The van der Waals surface area contributed by atoms with Crippen molar-refractivity contribution in [3.63, 3.8) is 0 Å². The van der Waals surface area contributed by atoms with Gasteiger partial charge in [0.15, 0.2) is 0 Å². The molecule has 1 aliphatic rings. The number of carboxylic acids is 1. The maximum Gasteiger partial charge on any atom is 0.315 e. The molecule has 0 spiro atoms. The van der Waals surface area contributed by atoms with Gasteiger partial charge in [-0.3, -0.25) is 9.59 Å². The van der Waals surface area contributed by atoms with Gasteiger partial charge in [-0.25, -0.2) is 4.79 Å². The molecule has 3 N–H and O–H groups in total. The van der Waals surface area contributed by atoms with Crippen molar-refractivity contribution < 1.29 is 19.5 Å². The number of carbonyl (C=O) groups excluding carboxylic acids is 2. The van der Waals surface area contributed by atoms with Gasteiger partial charge in [0.05, 0.1) is 13.0 Å². The number of hydrogen-bond acceptors (Lipinski definition) is 3. The molecule has 1 aliphatic heterocycles. The van der Waals surface area contributed by atoms with Gasteiger partial charge in [-0.2, -0.15) is 0 Å². The van der Waals surface area contributed by atoms with Gasteiger partial charge in [0.25, 0.3) is 0 Å². The minimum atomic E-state index is -0.975. The Morgan fingerprint density at radius 3 is 2.42 bits per heavy atom. The number of urea groups is 1. The molecule has 0 aromatic carbocycles. The molecular weight excluding hydrogens is 250 g/mol. The second-order valence-electron chi connectivity index (χ2n) is 4.77. The molecule has 0 aromatic heterocycles. The number of nitrogens with zero attached hydrogens (tertiary/aromatic N) is 1. The number of carboxylic acid groups (broad SMARTS) is 1. The SMILES string of the molecule is CC(CC(=O)O)NC(=O)NCC(=O)N1CCCCC1. The maximum atomic E-state index is 11.8. The van der Waals surface area contributed by atoms with Gasteiger partial charge >= 0.3 is 12.0 Å². The Kier molecular flexibility index (Phi) is 6.11. The van der Waals surface area contributed by atoms with E-state index < -0.39 is 18.0 Å². The fraction of sp³-hybridized carbons (Fsp3) is 0.750. The number of hydrogen-bond donors (Lipinski definition) is 3. The number of rotatable bonds is 5. The first-order valence-corrected chi connectivity index (χ1v) is 6.53. The highest BCUT2D eigenvalue weighted by atomic mass is 16.4. The molecule has 1 saturated heterocycles. The predicted octanol–water partition coefficient (Wildman–Crippen LogP) is 0.161. The van der Waals surface area contributed by atoms with Gasteiger partial charge in [-0.1, -0.05) is 0 Å². The molecule has 0 radical (unpaired) electrons. The summed E-state index contributed by atoms with van der Waals surface area (Å²) in [6, 6.07) is -0.985. The van der Waals surface area contributed by atoms with Crippen molar-refractivity contribution in [3.8, 4) is 0 Å². The van der Waals surface area contributed by atoms with Crippen LogP contribution in [0.5, 0.6) is 0 Å². The van der Waals surface area contributed by atoms with Crippen LogP contribution in [0.3, 0.4) is 0 Å². The van der Waals surface area contributed by atoms with Crippen molar-refractivity contribution >= 4 is 17.9 Å². The Labute approximate surface area is 112 Å². The fourth-order valence-corrected chi connectivity index (χ4v) is 2.00. The molecule has 1 unspecified atom stereocenters. The summed E-state index contributed by atoms with van der Waals surface area (Å²) in [7, 11) is 0. The summed E-state index contributed by atoms with van der Waals surface area (Å²) in [5.41, 5.74) is 0. The van der Waals surface area contributed by atoms with E-state index in [9.17, 15) is 14.4 Å². The number of amides is 3. The van der Waals surface area contributed by atoms with Crippen molar-refractivity contribution in [1.29, 1.82) is 0 Å². The van der Waals surface area contributed by atoms with E-state index in [0.29, 0.717) is 0 Å². The van der Waals surface area contributed by atoms with E-state index in [1.165, 1.54) is 0 Å². The third-order valence-corrected chi connectivity index (χ3v) is 2.97. The van der Waals surface area contributed by atoms with Crippen LogP contribution >= 0.6 is 0 Å². The zero-order valence-electron chi connectivity index (χ0n) is 11.1. The molecule has 7 nitrogen and oxygen atoms in total. The largest absolute Gasteiger partial charge is 0.481 e. The zero-order chi connectivity index (χ0) is 14.3. The first-order chi connectivity index (χ1) is 8.99. The van der Waals surface area contributed by atoms with Gasteiger partial charge in [-0.15, -0.1) is 0 Å². The topological polar surface area (TPSA) is 98.7 Å². The molecule has 19 heavy (non-hydrogen) atoms. The van der Waals surface area contributed by atoms with Crippen LogP contribution in [0.1, 0.15) is 32.6 Å². The van der Waals surface area contributed by atoms with Gasteiger partial charge in [0.1, 0.15) is 0 Å². The average molecular weight is 271 g/mol. The van der Waals surface area contributed by atoms with Gasteiger partial charge < -0.3 is 20.6 Å². The quantitative estimate of drug-likeness (QED) is 0.663. The third-order valence-electron chi connectivity index (χ3n) is 2.97. The Balaban J connectivity index is 2.21. The molecular formula is C12H21N3O4. The molecule has 1 rings (SSSR count). The summed E-state index contributed by atoms with van der Waals surface area (Å²) in [5, 5.41) is 13.5. The smallest absolute Gasteiger partial charge is 0.315 e. The van der Waals surface area contributed by atoms with Crippen molar-refractivity contribution in [3.05, 3.63) is 0 Å². The van der Waals surface area contributed by atoms with Gasteiger partial charge in [0.2, 0.25) is 5.91 Å². The standard InChI is InChI=1S/C12H21N3O4/c1-9(7-11(17)18)14-12(19)13-8-10(16)15-5-3-2-4-6-15/h9H,2-8H2,1H3,(H,17,18)(H2,13,14,19). The van der Waals surface area contributed by atoms with Crippen LogP contribution in [0.4, 0.5) is 4.79 Å². The Bertz CT molecular complexity index is 340. The van der Waals surface area contributed by atoms with Crippen molar-refractivity contribution in [1.82, 2.24) is 15.5 Å². The number of carbonyl (C=O) groups is 3. The molecule has 1 fully saturated rings. The zero-order valence-corrected chi connectivity index (χ0v) is 11.1. The van der Waals surface area contributed by atoms with Crippen LogP contribution in [0.25, 0.3) is 0 Å². The number of piperidine rings is 1. The summed E-state index contributed by atoms with van der Waals surface area (Å²) in [6.07, 6.45) is 3.01. The van der Waals surface area contributed by atoms with Crippen molar-refractivity contribution in [2.75, 3.05) is 19.6 Å². The van der Waals surface area contributed by atoms with Crippen LogP contribution in [-0.2, 0) is 9.59 Å². The van der Waals surface area contributed by atoms with Gasteiger partial charge in [-0.05, 0) is 26.2 Å². The van der Waals surface area contributed by atoms with Crippen LogP contribution in [-0.4, -0.2) is 53.6 Å². The van der Waals surface area contributed by atoms with E-state index in [4.69, 9.17) is 5.11 Å². The van der Waals surface area contributed by atoms with Crippen LogP contribution in [0.2, 0.25) is 0 Å². The van der Waals surface area contributed by atoms with E-state index in [1.54, 1.807) is 11.8 Å². The lowest BCUT2D eigenvalue weighted by atomic mass is 10.1. The highest BCUT2D eigenvalue weighted by molar-refractivity contribution is 5.84. The molecule has 0 saturated carbocycles. The monoisotopic (exact) mass is 271 g/mol. The maximum absolute atomic E-state index is 11.8. The van der Waals surface area contributed by atoms with E-state index in [1.807, 2.05) is 0 Å². The lowest BCUT2D eigenvalue weighted by Crippen LogP contribution is -2.47.